The first-order chi connectivity index (χ1) is 7.88. The molecule has 0 spiro atoms. The van der Waals surface area contributed by atoms with Gasteiger partial charge in [0, 0.05) is 6.42 Å². The SMILES string of the molecule is C1CCNC1.O=C1CCOc2ccccc21. The molecule has 3 rings (SSSR count). The molecule has 1 N–H and O–H groups in total. The molecule has 0 bridgehead atoms. The quantitative estimate of drug-likeness (QED) is 0.725. The Hall–Kier alpha value is -1.35. The van der Waals surface area contributed by atoms with Crippen molar-refractivity contribution in [1.29, 1.82) is 0 Å². The lowest BCUT2D eigenvalue weighted by molar-refractivity contribution is 0.0933. The smallest absolute Gasteiger partial charge is 0.169 e. The zero-order valence-electron chi connectivity index (χ0n) is 9.37. The number of nitrogens with one attached hydrogen (secondary N) is 1. The molecule has 0 aromatic heterocycles. The van der Waals surface area contributed by atoms with Crippen LogP contribution in [0.3, 0.4) is 0 Å². The Balaban J connectivity index is 0.000000162. The molecule has 86 valence electrons. The predicted molar refractivity (Wildman–Crippen MR) is 63.0 cm³/mol. The van der Waals surface area contributed by atoms with Gasteiger partial charge in [-0.05, 0) is 38.1 Å². The van der Waals surface area contributed by atoms with Crippen LogP contribution in [0.4, 0.5) is 0 Å². The molecule has 1 saturated heterocycles. The summed E-state index contributed by atoms with van der Waals surface area (Å²) in [5.74, 6) is 0.913. The second-order valence-corrected chi connectivity index (χ2v) is 3.97. The Morgan fingerprint density at radius 3 is 2.50 bits per heavy atom. The minimum Gasteiger partial charge on any atom is -0.492 e. The van der Waals surface area contributed by atoms with Gasteiger partial charge in [-0.2, -0.15) is 0 Å². The molecule has 3 heteroatoms. The molecule has 3 nitrogen and oxygen atoms in total. The third-order valence-corrected chi connectivity index (χ3v) is 2.73. The lowest BCUT2D eigenvalue weighted by atomic mass is 10.1. The van der Waals surface area contributed by atoms with Crippen molar-refractivity contribution in [2.24, 2.45) is 0 Å². The van der Waals surface area contributed by atoms with Crippen molar-refractivity contribution in [3.8, 4) is 5.75 Å². The van der Waals surface area contributed by atoms with Gasteiger partial charge in [-0.15, -0.1) is 0 Å². The summed E-state index contributed by atoms with van der Waals surface area (Å²) in [6, 6.07) is 7.35. The molecule has 0 amide bonds. The lowest BCUT2D eigenvalue weighted by Crippen LogP contribution is -2.14. The van der Waals surface area contributed by atoms with Crippen molar-refractivity contribution in [1.82, 2.24) is 5.32 Å². The van der Waals surface area contributed by atoms with E-state index in [2.05, 4.69) is 5.32 Å². The van der Waals surface area contributed by atoms with Crippen LogP contribution in [0.5, 0.6) is 5.75 Å². The highest BCUT2D eigenvalue weighted by atomic mass is 16.5. The fourth-order valence-electron chi connectivity index (χ4n) is 1.84. The van der Waals surface area contributed by atoms with Gasteiger partial charge < -0.3 is 10.1 Å². The second kappa shape index (κ2) is 5.66. The van der Waals surface area contributed by atoms with Gasteiger partial charge in [0.15, 0.2) is 5.78 Å². The number of ketones is 1. The van der Waals surface area contributed by atoms with E-state index >= 15 is 0 Å². The maximum absolute atomic E-state index is 11.2. The first-order valence-electron chi connectivity index (χ1n) is 5.83. The maximum Gasteiger partial charge on any atom is 0.169 e. The van der Waals surface area contributed by atoms with Crippen molar-refractivity contribution in [3.63, 3.8) is 0 Å². The van der Waals surface area contributed by atoms with Gasteiger partial charge in [-0.25, -0.2) is 0 Å². The summed E-state index contributed by atoms with van der Waals surface area (Å²) in [5, 5.41) is 3.22. The van der Waals surface area contributed by atoms with Crippen LogP contribution in [0.15, 0.2) is 24.3 Å². The Morgan fingerprint density at radius 1 is 1.12 bits per heavy atom. The van der Waals surface area contributed by atoms with Gasteiger partial charge in [0.25, 0.3) is 0 Å². The first-order valence-corrected chi connectivity index (χ1v) is 5.83. The van der Waals surface area contributed by atoms with Crippen LogP contribution in [0.1, 0.15) is 29.6 Å². The number of Topliss-reactive ketones (excluding diaryl/α,β-unsaturated/α-hetero) is 1. The molecule has 0 atom stereocenters. The molecular formula is C13H17NO2. The highest BCUT2D eigenvalue weighted by Gasteiger charge is 2.16. The standard InChI is InChI=1S/C9H8O2.C4H9N/c10-8-5-6-11-9-4-2-1-3-7(8)9;1-2-4-5-3-1/h1-4H,5-6H2;5H,1-4H2. The summed E-state index contributed by atoms with van der Waals surface area (Å²) in [6.07, 6.45) is 3.29. The molecule has 0 saturated carbocycles. The van der Waals surface area contributed by atoms with Gasteiger partial charge in [-0.1, -0.05) is 12.1 Å². The highest BCUT2D eigenvalue weighted by molar-refractivity contribution is 5.99. The lowest BCUT2D eigenvalue weighted by Gasteiger charge is -2.14. The fraction of sp³-hybridized carbons (Fsp3) is 0.462. The molecule has 1 aromatic rings. The van der Waals surface area contributed by atoms with Crippen LogP contribution in [0, 0.1) is 0 Å². The summed E-state index contributed by atoms with van der Waals surface area (Å²) in [6.45, 7) is 3.02. The third kappa shape index (κ3) is 2.83. The number of para-hydroxylation sites is 1. The van der Waals surface area contributed by atoms with E-state index in [1.807, 2.05) is 18.2 Å². The highest BCUT2D eigenvalue weighted by Crippen LogP contribution is 2.23. The molecule has 1 aromatic carbocycles. The Kier molecular flexibility index (Phi) is 3.94. The molecule has 2 heterocycles. The molecule has 0 unspecified atom stereocenters. The third-order valence-electron chi connectivity index (χ3n) is 2.73. The molecule has 2 aliphatic heterocycles. The van der Waals surface area contributed by atoms with Crippen LogP contribution in [0.25, 0.3) is 0 Å². The number of benzene rings is 1. The van der Waals surface area contributed by atoms with Crippen molar-refractivity contribution in [2.75, 3.05) is 19.7 Å². The average Bonchev–Trinajstić information content (AvgIpc) is 2.88. The number of rotatable bonds is 0. The normalized spacial score (nSPS) is 18.1. The number of carbonyl (C=O) groups excluding carboxylic acids is 1. The summed E-state index contributed by atoms with van der Waals surface area (Å²) in [5.41, 5.74) is 0.721. The van der Waals surface area contributed by atoms with Gasteiger partial charge in [-0.3, -0.25) is 4.79 Å². The summed E-state index contributed by atoms with van der Waals surface area (Å²) in [7, 11) is 0. The van der Waals surface area contributed by atoms with Crippen LogP contribution >= 0.6 is 0 Å². The molecular weight excluding hydrogens is 202 g/mol. The molecule has 16 heavy (non-hydrogen) atoms. The van der Waals surface area contributed by atoms with E-state index in [9.17, 15) is 4.79 Å². The van der Waals surface area contributed by atoms with Gasteiger partial charge in [0.05, 0.1) is 12.2 Å². The molecule has 0 radical (unpaired) electrons. The van der Waals surface area contributed by atoms with E-state index in [0.29, 0.717) is 13.0 Å². The monoisotopic (exact) mass is 219 g/mol. The van der Waals surface area contributed by atoms with Crippen LogP contribution in [-0.2, 0) is 0 Å². The Labute approximate surface area is 95.8 Å². The van der Waals surface area contributed by atoms with E-state index in [1.54, 1.807) is 6.07 Å². The van der Waals surface area contributed by atoms with Crippen molar-refractivity contribution in [2.45, 2.75) is 19.3 Å². The zero-order chi connectivity index (χ0) is 11.2. The van der Waals surface area contributed by atoms with E-state index in [-0.39, 0.29) is 5.78 Å². The maximum atomic E-state index is 11.2. The Morgan fingerprint density at radius 2 is 1.88 bits per heavy atom. The number of hydrogen-bond donors (Lipinski definition) is 1. The van der Waals surface area contributed by atoms with Gasteiger partial charge in [0.1, 0.15) is 5.75 Å². The summed E-state index contributed by atoms with van der Waals surface area (Å²) < 4.78 is 5.27. The minimum atomic E-state index is 0.187. The molecule has 1 fully saturated rings. The van der Waals surface area contributed by atoms with Gasteiger partial charge >= 0.3 is 0 Å². The Bertz CT molecular complexity index is 351. The van der Waals surface area contributed by atoms with Crippen molar-refractivity contribution >= 4 is 5.78 Å². The topological polar surface area (TPSA) is 38.3 Å². The second-order valence-electron chi connectivity index (χ2n) is 3.97. The van der Waals surface area contributed by atoms with E-state index in [0.717, 1.165) is 11.3 Å². The fourth-order valence-corrected chi connectivity index (χ4v) is 1.84. The minimum absolute atomic E-state index is 0.187. The van der Waals surface area contributed by atoms with Crippen LogP contribution in [-0.4, -0.2) is 25.5 Å². The predicted octanol–water partition coefficient (Wildman–Crippen LogP) is 2.02. The van der Waals surface area contributed by atoms with E-state index < -0.39 is 0 Å². The largest absolute Gasteiger partial charge is 0.492 e. The average molecular weight is 219 g/mol. The van der Waals surface area contributed by atoms with Crippen molar-refractivity contribution < 1.29 is 9.53 Å². The van der Waals surface area contributed by atoms with Crippen LogP contribution < -0.4 is 10.1 Å². The van der Waals surface area contributed by atoms with Crippen LogP contribution in [0.2, 0.25) is 0 Å². The van der Waals surface area contributed by atoms with Gasteiger partial charge in [0.2, 0.25) is 0 Å². The van der Waals surface area contributed by atoms with E-state index in [4.69, 9.17) is 4.74 Å². The van der Waals surface area contributed by atoms with E-state index in [1.165, 1.54) is 25.9 Å². The number of hydrogen-bond acceptors (Lipinski definition) is 3. The molecule has 0 aliphatic carbocycles. The number of fused-ring (bicyclic) bond motifs is 1. The number of carbonyl (C=O) groups is 1. The summed E-state index contributed by atoms with van der Waals surface area (Å²) in [4.78, 5) is 11.2. The number of ether oxygens (including phenoxy) is 1. The zero-order valence-corrected chi connectivity index (χ0v) is 9.37. The van der Waals surface area contributed by atoms with Crippen molar-refractivity contribution in [3.05, 3.63) is 29.8 Å². The first kappa shape index (κ1) is 11.1. The summed E-state index contributed by atoms with van der Waals surface area (Å²) >= 11 is 0. The molecule has 2 aliphatic rings.